The number of carboxylic acid groups (broad SMARTS) is 1. The number of ether oxygens (including phenoxy) is 2. The first-order valence-electron chi connectivity index (χ1n) is 17.4. The number of hydrogen-bond donors (Lipinski definition) is 5. The average Bonchev–Trinajstić information content (AvgIpc) is 3.51. The third-order valence-electron chi connectivity index (χ3n) is 9.21. The summed E-state index contributed by atoms with van der Waals surface area (Å²) < 4.78 is 46.6. The van der Waals surface area contributed by atoms with Gasteiger partial charge in [0.15, 0.2) is 11.8 Å². The number of benzene rings is 1. The van der Waals surface area contributed by atoms with Crippen molar-refractivity contribution in [3.8, 4) is 11.5 Å². The summed E-state index contributed by atoms with van der Waals surface area (Å²) in [4.78, 5) is 51.5. The minimum absolute atomic E-state index is 0.0117. The van der Waals surface area contributed by atoms with E-state index in [0.29, 0.717) is 12.0 Å². The number of hydrogen-bond acceptors (Lipinski definition) is 13. The zero-order valence-corrected chi connectivity index (χ0v) is 32.0. The Bertz CT molecular complexity index is 1950. The van der Waals surface area contributed by atoms with Gasteiger partial charge in [0.05, 0.1) is 5.70 Å². The van der Waals surface area contributed by atoms with E-state index in [0.717, 1.165) is 48.8 Å². The normalized spacial score (nSPS) is 22.1. The fourth-order valence-electron chi connectivity index (χ4n) is 6.18. The fourth-order valence-corrected chi connectivity index (χ4v) is 6.95. The van der Waals surface area contributed by atoms with Crippen molar-refractivity contribution in [1.29, 1.82) is 0 Å². The average molecular weight is 773 g/mol. The van der Waals surface area contributed by atoms with E-state index in [2.05, 4.69) is 34.0 Å². The Kier molecular flexibility index (Phi) is 13.0. The number of amides is 2. The number of aryl methyl sites for hydroxylation is 1. The second kappa shape index (κ2) is 16.8. The predicted molar refractivity (Wildman–Crippen MR) is 199 cm³/mol. The molecule has 1 aliphatic carbocycles. The van der Waals surface area contributed by atoms with Gasteiger partial charge in [-0.15, -0.1) is 0 Å². The van der Waals surface area contributed by atoms with Gasteiger partial charge in [0.25, 0.3) is 11.8 Å². The zero-order valence-electron chi connectivity index (χ0n) is 31.2. The number of rotatable bonds is 15. The Labute approximate surface area is 314 Å². The number of phenolic OH excluding ortho intramolecular Hbond substituents is 1. The Morgan fingerprint density at radius 3 is 2.52 bits per heavy atom. The number of aromatic hydroxyl groups is 1. The minimum atomic E-state index is -5.25. The van der Waals surface area contributed by atoms with Crippen LogP contribution in [-0.2, 0) is 40.7 Å². The van der Waals surface area contributed by atoms with Gasteiger partial charge in [-0.3, -0.25) is 14.1 Å². The quantitative estimate of drug-likeness (QED) is 0.0324. The summed E-state index contributed by atoms with van der Waals surface area (Å²) in [6.45, 7) is 12.5. The molecule has 1 saturated heterocycles. The lowest BCUT2D eigenvalue weighted by Gasteiger charge is -2.42. The zero-order chi connectivity index (χ0) is 40.1. The van der Waals surface area contributed by atoms with Gasteiger partial charge in [0.1, 0.15) is 17.3 Å². The summed E-state index contributed by atoms with van der Waals surface area (Å²) in [6, 6.07) is 1.65. The molecular formula is C36H48N6O11S. The molecule has 18 heteroatoms. The van der Waals surface area contributed by atoms with Crippen LogP contribution in [0.1, 0.15) is 90.2 Å². The van der Waals surface area contributed by atoms with Gasteiger partial charge in [0, 0.05) is 24.9 Å². The summed E-state index contributed by atoms with van der Waals surface area (Å²) in [5.74, 6) is -4.01. The lowest BCUT2D eigenvalue weighted by atomic mass is 9.73. The highest BCUT2D eigenvalue weighted by atomic mass is 32.2. The Balaban J connectivity index is 1.70. The van der Waals surface area contributed by atoms with Gasteiger partial charge >= 0.3 is 22.4 Å². The monoisotopic (exact) mass is 772 g/mol. The van der Waals surface area contributed by atoms with E-state index >= 15 is 0 Å². The number of allylic oxidation sites excluding steroid dienone is 3. The molecule has 4 rings (SSSR count). The van der Waals surface area contributed by atoms with E-state index in [-0.39, 0.29) is 45.6 Å². The van der Waals surface area contributed by atoms with Crippen LogP contribution < -0.4 is 15.8 Å². The summed E-state index contributed by atoms with van der Waals surface area (Å²) in [7, 11) is -3.97. The number of β-lactam (4-membered cyclic amide) rings is 1. The number of oxime groups is 1. The molecule has 17 nitrogen and oxygen atoms in total. The lowest BCUT2D eigenvalue weighted by Crippen LogP contribution is -2.73. The van der Waals surface area contributed by atoms with E-state index < -0.39 is 57.8 Å². The molecule has 54 heavy (non-hydrogen) atoms. The number of nitrogens with zero attached hydrogens (tertiary/aromatic N) is 4. The minimum Gasteiger partial charge on any atom is -0.507 e. The molecule has 1 aromatic rings. The summed E-state index contributed by atoms with van der Waals surface area (Å²) in [5, 5.41) is 26.9. The molecule has 1 aromatic carbocycles. The van der Waals surface area contributed by atoms with Gasteiger partial charge in [-0.25, -0.2) is 14.8 Å². The maximum atomic E-state index is 13.6. The summed E-state index contributed by atoms with van der Waals surface area (Å²) in [6.07, 6.45) is 6.08. The molecule has 0 aromatic heterocycles. The smallest absolute Gasteiger partial charge is 0.390 e. The molecule has 0 spiro atoms. The molecule has 0 radical (unpaired) electrons. The third kappa shape index (κ3) is 9.46. The highest BCUT2D eigenvalue weighted by Crippen LogP contribution is 2.47. The Hall–Kier alpha value is -5.23. The van der Waals surface area contributed by atoms with Crippen molar-refractivity contribution >= 4 is 45.7 Å². The van der Waals surface area contributed by atoms with Crippen LogP contribution in [0.2, 0.25) is 0 Å². The molecule has 1 fully saturated rings. The molecular weight excluding hydrogens is 724 g/mol. The van der Waals surface area contributed by atoms with E-state index in [1.807, 2.05) is 19.9 Å². The number of unbranched alkanes of at least 4 members (excludes halogenated alkanes) is 2. The number of carbonyl (C=O) groups excluding carboxylic acids is 2. The van der Waals surface area contributed by atoms with Crippen molar-refractivity contribution in [3.63, 3.8) is 0 Å². The number of aliphatic carboxylic acids is 1. The maximum absolute atomic E-state index is 13.6. The van der Waals surface area contributed by atoms with E-state index in [1.165, 1.54) is 27.0 Å². The lowest BCUT2D eigenvalue weighted by molar-refractivity contribution is -0.161. The highest BCUT2D eigenvalue weighted by molar-refractivity contribution is 7.84. The van der Waals surface area contributed by atoms with Gasteiger partial charge in [0.2, 0.25) is 11.8 Å². The van der Waals surface area contributed by atoms with Gasteiger partial charge in [-0.2, -0.15) is 12.7 Å². The number of phenols is 1. The molecule has 2 aliphatic heterocycles. The molecule has 1 unspecified atom stereocenters. The second-order valence-corrected chi connectivity index (χ2v) is 15.2. The van der Waals surface area contributed by atoms with E-state index in [4.69, 9.17) is 20.0 Å². The molecule has 0 bridgehead atoms. The molecule has 4 atom stereocenters. The van der Waals surface area contributed by atoms with Gasteiger partial charge < -0.3 is 35.6 Å². The summed E-state index contributed by atoms with van der Waals surface area (Å²) in [5.41, 5.74) is 6.37. The Morgan fingerprint density at radius 2 is 1.94 bits per heavy atom. The molecule has 294 valence electrons. The molecule has 2 heterocycles. The number of nitrogens with one attached hydrogen (secondary N) is 1. The van der Waals surface area contributed by atoms with E-state index in [1.54, 1.807) is 12.1 Å². The standard InChI is InChI=1S/C36H48N6O11S/c1-8-9-10-11-21-17-25(43)28(23-16-20(4)12-13-22(23)19(2)3)26(18-21)51-35(38-7)52-33-30(32(45)42(33)54(48,49)50)40-31(44)29(24-14-15-27(37)39-24)41-53-36(5,6)34(46)47/h14,16-18,22-23,30,33,43H,2,8-13,15H2,1,3-7H3,(H2,37,39)(H,40,44)(H,46,47)(H,48,49,50)/b38-35+,41-29-/t22-,23+,30+,33?/m0/s1. The van der Waals surface area contributed by atoms with Crippen LogP contribution in [-0.4, -0.2) is 87.8 Å². The van der Waals surface area contributed by atoms with Crippen molar-refractivity contribution in [2.24, 2.45) is 26.8 Å². The summed E-state index contributed by atoms with van der Waals surface area (Å²) >= 11 is 0. The predicted octanol–water partition coefficient (Wildman–Crippen LogP) is 3.86. The maximum Gasteiger partial charge on any atom is 0.390 e. The highest BCUT2D eigenvalue weighted by Gasteiger charge is 2.57. The number of aliphatic imine (C=N–C) groups is 2. The van der Waals surface area contributed by atoms with Crippen molar-refractivity contribution < 1.29 is 51.9 Å². The van der Waals surface area contributed by atoms with Crippen LogP contribution in [0.4, 0.5) is 0 Å². The van der Waals surface area contributed by atoms with Crippen molar-refractivity contribution in [1.82, 2.24) is 9.62 Å². The van der Waals surface area contributed by atoms with Gasteiger partial charge in [-0.05, 0) is 83.1 Å². The molecule has 2 amide bonds. The number of amidine groups is 1. The molecule has 0 saturated carbocycles. The molecule has 3 aliphatic rings. The topological polar surface area (TPSA) is 252 Å². The van der Waals surface area contributed by atoms with Gasteiger partial charge in [-0.1, -0.05) is 48.7 Å². The van der Waals surface area contributed by atoms with Crippen LogP contribution in [0.15, 0.2) is 62.8 Å². The third-order valence-corrected chi connectivity index (χ3v) is 10.1. The van der Waals surface area contributed by atoms with Crippen LogP contribution in [0.5, 0.6) is 11.5 Å². The molecule has 6 N–H and O–H groups in total. The number of nitrogens with two attached hydrogens (primary N) is 1. The van der Waals surface area contributed by atoms with Crippen LogP contribution in [0, 0.1) is 5.92 Å². The number of carboxylic acids is 1. The van der Waals surface area contributed by atoms with E-state index in [9.17, 15) is 37.6 Å². The first-order valence-corrected chi connectivity index (χ1v) is 18.8. The first-order chi connectivity index (χ1) is 25.3. The fraction of sp³-hybridized carbons (Fsp3) is 0.500. The van der Waals surface area contributed by atoms with Crippen molar-refractivity contribution in [2.45, 2.75) is 103 Å². The second-order valence-electron chi connectivity index (χ2n) is 13.9. The van der Waals surface area contributed by atoms with Crippen LogP contribution in [0.25, 0.3) is 0 Å². The van der Waals surface area contributed by atoms with Crippen molar-refractivity contribution in [2.75, 3.05) is 7.05 Å². The van der Waals surface area contributed by atoms with Crippen LogP contribution in [0.3, 0.4) is 0 Å². The van der Waals surface area contributed by atoms with Crippen molar-refractivity contribution in [3.05, 3.63) is 58.8 Å². The Morgan fingerprint density at radius 1 is 1.24 bits per heavy atom. The van der Waals surface area contributed by atoms with Crippen LogP contribution >= 0.6 is 0 Å². The SMILES string of the molecule is C=C(C)[C@@H]1CCC(C)=C[C@H]1c1c(O)cc(CCCCC)cc1O/C(=N\C)OC1[C@H](NC(=O)/C(=N\OC(C)(C)C(=O)O)C2=CCC(N)=N2)C(=O)N1S(=O)(=O)O. The largest absolute Gasteiger partial charge is 0.507 e. The number of carbonyl (C=O) groups is 3. The first kappa shape index (κ1) is 41.5.